The van der Waals surface area contributed by atoms with Crippen LogP contribution in [-0.4, -0.2) is 28.0 Å². The van der Waals surface area contributed by atoms with E-state index in [2.05, 4.69) is 10.3 Å². The molecule has 1 aliphatic carbocycles. The van der Waals surface area contributed by atoms with Crippen molar-refractivity contribution >= 4 is 5.91 Å². The van der Waals surface area contributed by atoms with Gasteiger partial charge in [0, 0.05) is 38.4 Å². The van der Waals surface area contributed by atoms with E-state index in [1.165, 1.54) is 6.42 Å². The Bertz CT molecular complexity index is 415. The van der Waals surface area contributed by atoms with Crippen LogP contribution in [0.1, 0.15) is 37.9 Å². The molecule has 2 unspecified atom stereocenters. The number of nitrogens with zero attached hydrogens (tertiary/aromatic N) is 2. The lowest BCUT2D eigenvalue weighted by Crippen LogP contribution is -2.42. The van der Waals surface area contributed by atoms with Gasteiger partial charge in [0.2, 0.25) is 5.91 Å². The molecule has 0 saturated heterocycles. The predicted octanol–water partition coefficient (Wildman–Crippen LogP) is 0.986. The number of amides is 1. The van der Waals surface area contributed by atoms with Gasteiger partial charge in [0.05, 0.1) is 5.92 Å². The van der Waals surface area contributed by atoms with Crippen LogP contribution in [0.5, 0.6) is 0 Å². The molecule has 2 atom stereocenters. The summed E-state index contributed by atoms with van der Waals surface area (Å²) in [4.78, 5) is 16.4. The molecule has 5 heteroatoms. The van der Waals surface area contributed by atoms with Crippen molar-refractivity contribution in [3.63, 3.8) is 0 Å². The molecule has 2 rings (SSSR count). The lowest BCUT2D eigenvalue weighted by atomic mass is 9.94. The first-order valence-electron chi connectivity index (χ1n) is 7.18. The Kier molecular flexibility index (Phi) is 4.96. The molecule has 0 bridgehead atoms. The predicted molar refractivity (Wildman–Crippen MR) is 74.5 cm³/mol. The van der Waals surface area contributed by atoms with Crippen LogP contribution in [0.2, 0.25) is 0 Å². The van der Waals surface area contributed by atoms with Crippen molar-refractivity contribution in [2.75, 3.05) is 6.54 Å². The monoisotopic (exact) mass is 264 g/mol. The van der Waals surface area contributed by atoms with Crippen LogP contribution >= 0.6 is 0 Å². The molecule has 5 nitrogen and oxygen atoms in total. The number of nitrogens with one attached hydrogen (secondary N) is 1. The molecule has 1 heterocycles. The average Bonchev–Trinajstić information content (AvgIpc) is 2.67. The first-order chi connectivity index (χ1) is 9.18. The minimum Gasteiger partial charge on any atom is -0.355 e. The Labute approximate surface area is 114 Å². The molecule has 0 aliphatic heterocycles. The molecule has 1 aliphatic rings. The molecule has 1 aromatic rings. The summed E-state index contributed by atoms with van der Waals surface area (Å²) in [5.74, 6) is 1.10. The van der Waals surface area contributed by atoms with Crippen LogP contribution in [0.25, 0.3) is 0 Å². The number of aryl methyl sites for hydroxylation is 1. The Morgan fingerprint density at radius 2 is 2.26 bits per heavy atom. The van der Waals surface area contributed by atoms with Crippen LogP contribution in [0.15, 0.2) is 12.4 Å². The van der Waals surface area contributed by atoms with Crippen molar-refractivity contribution in [1.29, 1.82) is 0 Å². The first kappa shape index (κ1) is 14.1. The van der Waals surface area contributed by atoms with Gasteiger partial charge in [-0.15, -0.1) is 0 Å². The highest BCUT2D eigenvalue weighted by Gasteiger charge is 2.26. The standard InChI is InChI=1S/C14H24N4O/c1-18-10-9-16-13(18)7-8-17-14(19)11-5-3-2-4-6-12(11)15/h9-12H,2-8,15H2,1H3,(H,17,19). The number of hydrogen-bond donors (Lipinski definition) is 2. The van der Waals surface area contributed by atoms with Crippen LogP contribution in [0.4, 0.5) is 0 Å². The Hall–Kier alpha value is -1.36. The van der Waals surface area contributed by atoms with Crippen LogP contribution < -0.4 is 11.1 Å². The Morgan fingerprint density at radius 3 is 3.00 bits per heavy atom. The molecule has 0 radical (unpaired) electrons. The molecular formula is C14H24N4O. The molecule has 106 valence electrons. The van der Waals surface area contributed by atoms with Crippen molar-refractivity contribution < 1.29 is 4.79 Å². The summed E-state index contributed by atoms with van der Waals surface area (Å²) in [6.45, 7) is 0.632. The molecule has 1 aromatic heterocycles. The number of aromatic nitrogens is 2. The normalized spacial score (nSPS) is 23.9. The highest BCUT2D eigenvalue weighted by molar-refractivity contribution is 5.79. The van der Waals surface area contributed by atoms with Gasteiger partial charge < -0.3 is 15.6 Å². The van der Waals surface area contributed by atoms with E-state index in [4.69, 9.17) is 5.73 Å². The molecule has 0 aromatic carbocycles. The third-order valence-electron chi connectivity index (χ3n) is 3.97. The average molecular weight is 264 g/mol. The molecule has 1 amide bonds. The maximum atomic E-state index is 12.2. The van der Waals surface area contributed by atoms with E-state index in [0.717, 1.165) is 37.9 Å². The van der Waals surface area contributed by atoms with Gasteiger partial charge in [-0.25, -0.2) is 4.98 Å². The van der Waals surface area contributed by atoms with Crippen LogP contribution in [-0.2, 0) is 18.3 Å². The largest absolute Gasteiger partial charge is 0.355 e. The zero-order valence-electron chi connectivity index (χ0n) is 11.6. The first-order valence-corrected chi connectivity index (χ1v) is 7.18. The Morgan fingerprint density at radius 1 is 1.47 bits per heavy atom. The van der Waals surface area contributed by atoms with Crippen LogP contribution in [0.3, 0.4) is 0 Å². The van der Waals surface area contributed by atoms with Gasteiger partial charge in [0.15, 0.2) is 0 Å². The summed E-state index contributed by atoms with van der Waals surface area (Å²) in [6, 6.07) is 0.0238. The topological polar surface area (TPSA) is 72.9 Å². The van der Waals surface area contributed by atoms with Gasteiger partial charge in [0.1, 0.15) is 5.82 Å². The van der Waals surface area contributed by atoms with Crippen molar-refractivity contribution in [3.8, 4) is 0 Å². The lowest BCUT2D eigenvalue weighted by Gasteiger charge is -2.20. The van der Waals surface area contributed by atoms with E-state index in [0.29, 0.717) is 6.54 Å². The molecule has 0 spiro atoms. The quantitative estimate of drug-likeness (QED) is 0.796. The lowest BCUT2D eigenvalue weighted by molar-refractivity contribution is -0.125. The summed E-state index contributed by atoms with van der Waals surface area (Å²) in [6.07, 6.45) is 9.81. The second-order valence-electron chi connectivity index (χ2n) is 5.40. The highest BCUT2D eigenvalue weighted by atomic mass is 16.1. The summed E-state index contributed by atoms with van der Waals surface area (Å²) < 4.78 is 1.98. The number of nitrogens with two attached hydrogens (primary N) is 1. The fourth-order valence-electron chi connectivity index (χ4n) is 2.73. The fraction of sp³-hybridized carbons (Fsp3) is 0.714. The van der Waals surface area contributed by atoms with Crippen molar-refractivity contribution in [1.82, 2.24) is 14.9 Å². The molecule has 1 saturated carbocycles. The maximum absolute atomic E-state index is 12.2. The van der Waals surface area contributed by atoms with Crippen LogP contribution in [0, 0.1) is 5.92 Å². The number of hydrogen-bond acceptors (Lipinski definition) is 3. The fourth-order valence-corrected chi connectivity index (χ4v) is 2.73. The summed E-state index contributed by atoms with van der Waals surface area (Å²) in [5, 5.41) is 3.00. The second kappa shape index (κ2) is 6.70. The SMILES string of the molecule is Cn1ccnc1CCNC(=O)C1CCCCCC1N. The Balaban J connectivity index is 1.78. The second-order valence-corrected chi connectivity index (χ2v) is 5.40. The van der Waals surface area contributed by atoms with E-state index in [1.807, 2.05) is 17.8 Å². The van der Waals surface area contributed by atoms with E-state index < -0.39 is 0 Å². The highest BCUT2D eigenvalue weighted by Crippen LogP contribution is 2.22. The third-order valence-corrected chi connectivity index (χ3v) is 3.97. The summed E-state index contributed by atoms with van der Waals surface area (Å²) in [5.41, 5.74) is 6.09. The summed E-state index contributed by atoms with van der Waals surface area (Å²) in [7, 11) is 1.96. The number of carbonyl (C=O) groups excluding carboxylic acids is 1. The van der Waals surface area contributed by atoms with E-state index in [1.54, 1.807) is 6.20 Å². The zero-order chi connectivity index (χ0) is 13.7. The van der Waals surface area contributed by atoms with Gasteiger partial charge in [-0.05, 0) is 12.8 Å². The molecule has 19 heavy (non-hydrogen) atoms. The van der Waals surface area contributed by atoms with E-state index in [9.17, 15) is 4.79 Å². The molecule has 1 fully saturated rings. The van der Waals surface area contributed by atoms with E-state index >= 15 is 0 Å². The zero-order valence-corrected chi connectivity index (χ0v) is 11.6. The third kappa shape index (κ3) is 3.80. The number of rotatable bonds is 4. The minimum atomic E-state index is -0.0103. The number of carbonyl (C=O) groups is 1. The van der Waals surface area contributed by atoms with Gasteiger partial charge in [0.25, 0.3) is 0 Å². The maximum Gasteiger partial charge on any atom is 0.224 e. The van der Waals surface area contributed by atoms with E-state index in [-0.39, 0.29) is 17.9 Å². The van der Waals surface area contributed by atoms with Gasteiger partial charge in [-0.1, -0.05) is 19.3 Å². The van der Waals surface area contributed by atoms with Crippen molar-refractivity contribution in [3.05, 3.63) is 18.2 Å². The smallest absolute Gasteiger partial charge is 0.224 e. The van der Waals surface area contributed by atoms with Gasteiger partial charge >= 0.3 is 0 Å². The minimum absolute atomic E-state index is 0.0103. The molecule has 3 N–H and O–H groups in total. The number of imidazole rings is 1. The van der Waals surface area contributed by atoms with Gasteiger partial charge in [-0.3, -0.25) is 4.79 Å². The van der Waals surface area contributed by atoms with Crippen molar-refractivity contribution in [2.45, 2.75) is 44.6 Å². The van der Waals surface area contributed by atoms with Gasteiger partial charge in [-0.2, -0.15) is 0 Å². The molecular weight excluding hydrogens is 240 g/mol. The summed E-state index contributed by atoms with van der Waals surface area (Å²) >= 11 is 0. The van der Waals surface area contributed by atoms with Crippen molar-refractivity contribution in [2.24, 2.45) is 18.7 Å².